The number of rotatable bonds is 6. The number of aliphatic imine (C=N–C) groups is 1. The van der Waals surface area contributed by atoms with Crippen LogP contribution in [-0.4, -0.2) is 57.7 Å². The largest absolute Gasteiger partial charge is 0.356 e. The summed E-state index contributed by atoms with van der Waals surface area (Å²) in [6, 6.07) is 0. The van der Waals surface area contributed by atoms with Gasteiger partial charge in [-0.3, -0.25) is 4.99 Å². The third-order valence-corrected chi connectivity index (χ3v) is 5.02. The summed E-state index contributed by atoms with van der Waals surface area (Å²) >= 11 is 0. The summed E-state index contributed by atoms with van der Waals surface area (Å²) in [4.78, 5) is 4.08. The Hall–Kier alpha value is -0.960. The first-order valence-corrected chi connectivity index (χ1v) is 8.63. The zero-order valence-corrected chi connectivity index (χ0v) is 13.3. The number of alkyl halides is 2. The van der Waals surface area contributed by atoms with Gasteiger partial charge in [-0.2, -0.15) is 13.1 Å². The van der Waals surface area contributed by atoms with Crippen molar-refractivity contribution in [1.82, 2.24) is 14.9 Å². The Labute approximate surface area is 125 Å². The van der Waals surface area contributed by atoms with E-state index >= 15 is 0 Å². The van der Waals surface area contributed by atoms with Crippen molar-refractivity contribution in [2.24, 2.45) is 10.9 Å². The first kappa shape index (κ1) is 18.1. The van der Waals surface area contributed by atoms with Crippen LogP contribution in [0.1, 0.15) is 26.2 Å². The summed E-state index contributed by atoms with van der Waals surface area (Å²) in [5.74, 6) is -2.36. The lowest BCUT2D eigenvalue weighted by atomic mass is 9.98. The van der Waals surface area contributed by atoms with E-state index in [1.54, 1.807) is 7.05 Å². The van der Waals surface area contributed by atoms with Gasteiger partial charge in [0.25, 0.3) is 10.0 Å². The van der Waals surface area contributed by atoms with E-state index in [2.05, 4.69) is 22.5 Å². The molecule has 0 unspecified atom stereocenters. The van der Waals surface area contributed by atoms with E-state index in [-0.39, 0.29) is 19.0 Å². The van der Waals surface area contributed by atoms with Gasteiger partial charge in [0.15, 0.2) is 5.96 Å². The van der Waals surface area contributed by atoms with Gasteiger partial charge in [0.05, 0.1) is 0 Å². The normalized spacial score (nSPS) is 19.0. The van der Waals surface area contributed by atoms with Crippen LogP contribution in [0, 0.1) is 5.92 Å². The molecule has 0 radical (unpaired) electrons. The number of sulfonamides is 1. The molecule has 6 nitrogen and oxygen atoms in total. The third-order valence-electron chi connectivity index (χ3n) is 3.48. The molecule has 0 saturated carbocycles. The van der Waals surface area contributed by atoms with Crippen molar-refractivity contribution < 1.29 is 17.2 Å². The first-order chi connectivity index (χ1) is 9.91. The van der Waals surface area contributed by atoms with Gasteiger partial charge in [-0.05, 0) is 25.2 Å². The molecule has 21 heavy (non-hydrogen) atoms. The molecule has 1 heterocycles. The van der Waals surface area contributed by atoms with Crippen LogP contribution >= 0.6 is 0 Å². The minimum atomic E-state index is -4.43. The standard InChI is InChI=1S/C12H24F2N4O2S/c1-3-6-16-12(15-2)17-9-10-4-7-18(8-5-10)21(19,20)11(13)14/h10-11H,3-9H2,1-2H3,(H2,15,16,17). The fourth-order valence-electron chi connectivity index (χ4n) is 2.19. The number of halogens is 2. The summed E-state index contributed by atoms with van der Waals surface area (Å²) in [6.45, 7) is 3.84. The van der Waals surface area contributed by atoms with Gasteiger partial charge in [0.1, 0.15) is 0 Å². The van der Waals surface area contributed by atoms with Crippen LogP contribution in [0.4, 0.5) is 8.78 Å². The molecule has 9 heteroatoms. The van der Waals surface area contributed by atoms with Crippen molar-refractivity contribution in [1.29, 1.82) is 0 Å². The molecule has 1 aliphatic heterocycles. The average molecular weight is 326 g/mol. The SMILES string of the molecule is CCCNC(=NC)NCC1CCN(S(=O)(=O)C(F)F)CC1. The van der Waals surface area contributed by atoms with Crippen molar-refractivity contribution in [2.45, 2.75) is 31.9 Å². The van der Waals surface area contributed by atoms with Crippen LogP contribution in [0.5, 0.6) is 0 Å². The summed E-state index contributed by atoms with van der Waals surface area (Å²) in [5, 5.41) is 6.31. The maximum atomic E-state index is 12.4. The molecule has 1 fully saturated rings. The lowest BCUT2D eigenvalue weighted by Crippen LogP contribution is -2.45. The Morgan fingerprint density at radius 1 is 1.33 bits per heavy atom. The number of piperidine rings is 1. The number of nitrogens with one attached hydrogen (secondary N) is 2. The Bertz CT molecular complexity index is 435. The minimum absolute atomic E-state index is 0.153. The molecule has 0 spiro atoms. The van der Waals surface area contributed by atoms with E-state index in [0.29, 0.717) is 25.3 Å². The monoisotopic (exact) mass is 326 g/mol. The molecule has 0 aliphatic carbocycles. The predicted molar refractivity (Wildman–Crippen MR) is 78.9 cm³/mol. The van der Waals surface area contributed by atoms with Crippen molar-refractivity contribution in [2.75, 3.05) is 33.2 Å². The molecule has 0 atom stereocenters. The van der Waals surface area contributed by atoms with Crippen LogP contribution in [-0.2, 0) is 10.0 Å². The lowest BCUT2D eigenvalue weighted by molar-refractivity contribution is 0.204. The summed E-state index contributed by atoms with van der Waals surface area (Å²) in [5.41, 5.74) is 0. The van der Waals surface area contributed by atoms with Crippen LogP contribution in [0.15, 0.2) is 4.99 Å². The van der Waals surface area contributed by atoms with E-state index in [4.69, 9.17) is 0 Å². The zero-order chi connectivity index (χ0) is 15.9. The topological polar surface area (TPSA) is 73.8 Å². The Kier molecular flexibility index (Phi) is 7.30. The maximum Gasteiger partial charge on any atom is 0.350 e. The summed E-state index contributed by atoms with van der Waals surface area (Å²) < 4.78 is 48.5. The van der Waals surface area contributed by atoms with Crippen LogP contribution in [0.2, 0.25) is 0 Å². The van der Waals surface area contributed by atoms with Crippen molar-refractivity contribution in [3.8, 4) is 0 Å². The highest BCUT2D eigenvalue weighted by atomic mass is 32.2. The molecule has 0 amide bonds. The fourth-order valence-corrected chi connectivity index (χ4v) is 3.13. The van der Waals surface area contributed by atoms with Gasteiger partial charge in [-0.25, -0.2) is 8.42 Å². The maximum absolute atomic E-state index is 12.4. The quantitative estimate of drug-likeness (QED) is 0.560. The zero-order valence-electron chi connectivity index (χ0n) is 12.5. The summed E-state index contributed by atoms with van der Waals surface area (Å²) in [7, 11) is -2.74. The molecule has 0 aromatic rings. The second-order valence-electron chi connectivity index (χ2n) is 5.03. The number of guanidine groups is 1. The van der Waals surface area contributed by atoms with Crippen LogP contribution < -0.4 is 10.6 Å². The lowest BCUT2D eigenvalue weighted by Gasteiger charge is -2.31. The smallest absolute Gasteiger partial charge is 0.350 e. The van der Waals surface area contributed by atoms with E-state index < -0.39 is 15.8 Å². The third kappa shape index (κ3) is 5.39. The van der Waals surface area contributed by atoms with Crippen molar-refractivity contribution >= 4 is 16.0 Å². The summed E-state index contributed by atoms with van der Waals surface area (Å²) in [6.07, 6.45) is 2.14. The molecule has 124 valence electrons. The second-order valence-corrected chi connectivity index (χ2v) is 6.93. The molecule has 0 bridgehead atoms. The molecule has 1 saturated heterocycles. The highest BCUT2D eigenvalue weighted by Gasteiger charge is 2.34. The molecular formula is C12H24F2N4O2S. The van der Waals surface area contributed by atoms with Gasteiger partial charge in [0, 0.05) is 33.2 Å². The molecule has 0 aromatic heterocycles. The molecule has 2 N–H and O–H groups in total. The van der Waals surface area contributed by atoms with Gasteiger partial charge in [-0.1, -0.05) is 6.92 Å². The van der Waals surface area contributed by atoms with Crippen molar-refractivity contribution in [3.05, 3.63) is 0 Å². The molecule has 0 aromatic carbocycles. The predicted octanol–water partition coefficient (Wildman–Crippen LogP) is 0.826. The Morgan fingerprint density at radius 3 is 2.43 bits per heavy atom. The van der Waals surface area contributed by atoms with Crippen molar-refractivity contribution in [3.63, 3.8) is 0 Å². The van der Waals surface area contributed by atoms with Gasteiger partial charge < -0.3 is 10.6 Å². The van der Waals surface area contributed by atoms with E-state index in [9.17, 15) is 17.2 Å². The van der Waals surface area contributed by atoms with Gasteiger partial charge in [-0.15, -0.1) is 0 Å². The average Bonchev–Trinajstić information content (AvgIpc) is 2.47. The van der Waals surface area contributed by atoms with Crippen LogP contribution in [0.25, 0.3) is 0 Å². The van der Waals surface area contributed by atoms with Gasteiger partial charge in [0.2, 0.25) is 0 Å². The Balaban J connectivity index is 2.37. The molecular weight excluding hydrogens is 302 g/mol. The van der Waals surface area contributed by atoms with Gasteiger partial charge >= 0.3 is 5.76 Å². The van der Waals surface area contributed by atoms with E-state index in [1.165, 1.54) is 0 Å². The molecule has 1 aliphatic rings. The minimum Gasteiger partial charge on any atom is -0.356 e. The number of hydrogen-bond acceptors (Lipinski definition) is 3. The Morgan fingerprint density at radius 2 is 1.95 bits per heavy atom. The van der Waals surface area contributed by atoms with Crippen LogP contribution in [0.3, 0.4) is 0 Å². The molecule has 1 rings (SSSR count). The fraction of sp³-hybridized carbons (Fsp3) is 0.917. The first-order valence-electron chi connectivity index (χ1n) is 7.13. The van der Waals surface area contributed by atoms with E-state index in [1.807, 2.05) is 0 Å². The second kappa shape index (κ2) is 8.47. The highest BCUT2D eigenvalue weighted by molar-refractivity contribution is 7.89. The van der Waals surface area contributed by atoms with E-state index in [0.717, 1.165) is 17.3 Å². The number of nitrogens with zero attached hydrogens (tertiary/aromatic N) is 2. The highest BCUT2D eigenvalue weighted by Crippen LogP contribution is 2.22. The number of hydrogen-bond donors (Lipinski definition) is 2.